The van der Waals surface area contributed by atoms with E-state index in [4.69, 9.17) is 0 Å². The van der Waals surface area contributed by atoms with Crippen LogP contribution in [0.15, 0.2) is 102 Å². The lowest BCUT2D eigenvalue weighted by Crippen LogP contribution is -2.32. The van der Waals surface area contributed by atoms with Crippen molar-refractivity contribution in [3.63, 3.8) is 0 Å². The molecule has 1 heterocycles. The van der Waals surface area contributed by atoms with E-state index >= 15 is 0 Å². The number of fused-ring (bicyclic) bond motifs is 2. The molecule has 2 nitrogen and oxygen atoms in total. The van der Waals surface area contributed by atoms with E-state index in [2.05, 4.69) is 72.8 Å². The molecule has 0 spiro atoms. The summed E-state index contributed by atoms with van der Waals surface area (Å²) in [5, 5.41) is 20.8. The third-order valence-electron chi connectivity index (χ3n) is 5.67. The van der Waals surface area contributed by atoms with Crippen molar-refractivity contribution < 1.29 is 10.0 Å². The summed E-state index contributed by atoms with van der Waals surface area (Å²) < 4.78 is 0. The van der Waals surface area contributed by atoms with E-state index in [1.807, 2.05) is 23.9 Å². The van der Waals surface area contributed by atoms with E-state index in [-0.39, 0.29) is 5.41 Å². The predicted octanol–water partition coefficient (Wildman–Crippen LogP) is 3.20. The summed E-state index contributed by atoms with van der Waals surface area (Å²) >= 11 is 0. The molecule has 0 saturated carbocycles. The molecule has 0 unspecified atom stereocenters. The minimum Gasteiger partial charge on any atom is -0.423 e. The Balaban J connectivity index is 1.91. The van der Waals surface area contributed by atoms with Crippen molar-refractivity contribution in [2.24, 2.45) is 0 Å². The molecule has 1 aliphatic carbocycles. The second kappa shape index (κ2) is 6.67. The first kappa shape index (κ1) is 17.3. The van der Waals surface area contributed by atoms with Crippen LogP contribution < -0.4 is 0 Å². The Hall–Kier alpha value is -2.79. The molecule has 4 heteroatoms. The average Bonchev–Trinajstić information content (AvgIpc) is 3.06. The van der Waals surface area contributed by atoms with Crippen LogP contribution in [0.1, 0.15) is 22.3 Å². The Bertz CT molecular complexity index is 1090. The van der Waals surface area contributed by atoms with Crippen molar-refractivity contribution in [1.29, 1.82) is 0 Å². The number of hydrogen-bond acceptors (Lipinski definition) is 2. The van der Waals surface area contributed by atoms with E-state index < -0.39 is 7.12 Å². The summed E-state index contributed by atoms with van der Waals surface area (Å²) in [6.45, 7) is 0. The summed E-state index contributed by atoms with van der Waals surface area (Å²) in [4.78, 5) is 0. The van der Waals surface area contributed by atoms with Crippen LogP contribution in [-0.2, 0) is 5.41 Å². The van der Waals surface area contributed by atoms with Gasteiger partial charge < -0.3 is 10.0 Å². The van der Waals surface area contributed by atoms with Crippen molar-refractivity contribution in [2.75, 3.05) is 0 Å². The first-order chi connectivity index (χ1) is 13.7. The molecular weight excluding hydrogens is 359 g/mol. The van der Waals surface area contributed by atoms with Gasteiger partial charge in [0.25, 0.3) is 0 Å². The minimum absolute atomic E-state index is 0.369. The zero-order chi connectivity index (χ0) is 19.1. The lowest BCUT2D eigenvalue weighted by molar-refractivity contribution is 0.422. The highest BCUT2D eigenvalue weighted by atomic mass is 28.2. The van der Waals surface area contributed by atoms with Crippen LogP contribution in [0.3, 0.4) is 0 Å². The molecule has 2 aliphatic rings. The largest absolute Gasteiger partial charge is 0.488 e. The fourth-order valence-corrected chi connectivity index (χ4v) is 6.05. The number of hydrogen-bond donors (Lipinski definition) is 2. The smallest absolute Gasteiger partial charge is 0.423 e. The maximum absolute atomic E-state index is 9.75. The molecule has 133 valence electrons. The molecule has 0 aromatic heterocycles. The molecule has 0 amide bonds. The molecule has 0 bridgehead atoms. The minimum atomic E-state index is -1.45. The van der Waals surface area contributed by atoms with Crippen LogP contribution in [0.5, 0.6) is 0 Å². The van der Waals surface area contributed by atoms with E-state index in [1.165, 1.54) is 27.5 Å². The van der Waals surface area contributed by atoms with Crippen molar-refractivity contribution >= 4 is 27.5 Å². The zero-order valence-electron chi connectivity index (χ0n) is 15.2. The Labute approximate surface area is 167 Å². The van der Waals surface area contributed by atoms with E-state index in [0.29, 0.717) is 14.6 Å². The van der Waals surface area contributed by atoms with Crippen LogP contribution in [0.2, 0.25) is 0 Å². The highest BCUT2D eigenvalue weighted by Gasteiger charge is 2.46. The molecule has 1 radical (unpaired) electrons. The molecule has 3 aromatic rings. The van der Waals surface area contributed by atoms with Gasteiger partial charge in [-0.25, -0.2) is 0 Å². The summed E-state index contributed by atoms with van der Waals surface area (Å²) in [6, 6.07) is 29.8. The summed E-state index contributed by atoms with van der Waals surface area (Å²) in [7, 11) is -1.07. The highest BCUT2D eigenvalue weighted by Crippen LogP contribution is 2.54. The fourth-order valence-electron chi connectivity index (χ4n) is 4.51. The van der Waals surface area contributed by atoms with Crippen LogP contribution in [-0.4, -0.2) is 32.0 Å². The lowest BCUT2D eigenvalue weighted by atomic mass is 9.71. The number of rotatable bonds is 3. The van der Waals surface area contributed by atoms with E-state index in [1.54, 1.807) is 0 Å². The molecule has 28 heavy (non-hydrogen) atoms. The van der Waals surface area contributed by atoms with Crippen molar-refractivity contribution in [3.05, 3.63) is 124 Å². The van der Waals surface area contributed by atoms with Gasteiger partial charge in [0.1, 0.15) is 0 Å². The third kappa shape index (κ3) is 2.39. The van der Waals surface area contributed by atoms with Crippen LogP contribution in [0, 0.1) is 0 Å². The molecule has 3 aromatic carbocycles. The van der Waals surface area contributed by atoms with Gasteiger partial charge in [0.05, 0.1) is 14.5 Å². The van der Waals surface area contributed by atoms with Gasteiger partial charge in [-0.1, -0.05) is 96.7 Å². The first-order valence-corrected chi connectivity index (χ1v) is 10.4. The molecule has 0 fully saturated rings. The number of benzene rings is 3. The van der Waals surface area contributed by atoms with E-state index in [0.717, 1.165) is 5.57 Å². The summed E-state index contributed by atoms with van der Waals surface area (Å²) in [6.07, 6.45) is 1.95. The summed E-state index contributed by atoms with van der Waals surface area (Å²) in [5.74, 6) is 0. The number of allylic oxidation sites excluding steroid dienone is 4. The van der Waals surface area contributed by atoms with Gasteiger partial charge in [-0.15, -0.1) is 0 Å². The van der Waals surface area contributed by atoms with Crippen LogP contribution in [0.25, 0.3) is 5.57 Å². The molecular formula is C24H18BO2Si. The Morgan fingerprint density at radius 3 is 1.89 bits per heavy atom. The van der Waals surface area contributed by atoms with Gasteiger partial charge in [-0.2, -0.15) is 0 Å². The SMILES string of the molecule is OB(O)C1=CC2=C([Si]=C1)C(c1ccccc1)(c1ccccc1)c1ccccc12. The van der Waals surface area contributed by atoms with Crippen LogP contribution in [0.4, 0.5) is 0 Å². The fraction of sp³-hybridized carbons (Fsp3) is 0.0417. The quantitative estimate of drug-likeness (QED) is 0.689. The van der Waals surface area contributed by atoms with Gasteiger partial charge in [-0.3, -0.25) is 0 Å². The topological polar surface area (TPSA) is 40.5 Å². The van der Waals surface area contributed by atoms with Gasteiger partial charge in [0.2, 0.25) is 0 Å². The molecule has 5 rings (SSSR count). The molecule has 1 aliphatic heterocycles. The van der Waals surface area contributed by atoms with Gasteiger partial charge in [0, 0.05) is 0 Å². The maximum atomic E-state index is 9.75. The van der Waals surface area contributed by atoms with Crippen molar-refractivity contribution in [3.8, 4) is 0 Å². The van der Waals surface area contributed by atoms with Gasteiger partial charge >= 0.3 is 7.12 Å². The first-order valence-electron chi connectivity index (χ1n) is 9.36. The Kier molecular flexibility index (Phi) is 4.13. The third-order valence-corrected chi connectivity index (χ3v) is 7.08. The Morgan fingerprint density at radius 1 is 0.714 bits per heavy atom. The van der Waals surface area contributed by atoms with Crippen molar-refractivity contribution in [2.45, 2.75) is 5.41 Å². The second-order valence-electron chi connectivity index (χ2n) is 7.12. The lowest BCUT2D eigenvalue weighted by Gasteiger charge is -2.35. The average molecular weight is 377 g/mol. The van der Waals surface area contributed by atoms with Gasteiger partial charge in [0.15, 0.2) is 0 Å². The normalized spacial score (nSPS) is 16.4. The molecule has 2 N–H and O–H groups in total. The maximum Gasteiger partial charge on any atom is 0.488 e. The standard InChI is InChI=1S/C24H18BO2Si/c26-25(27)19-15-21-20-13-7-8-14-22(20)24(23(21)28-16-19,17-9-3-1-4-10-17)18-11-5-2-6-12-18/h1-16,26-27H. The second-order valence-corrected chi connectivity index (χ2v) is 8.20. The van der Waals surface area contributed by atoms with Crippen molar-refractivity contribution in [1.82, 2.24) is 0 Å². The van der Waals surface area contributed by atoms with Gasteiger partial charge in [-0.05, 0) is 38.5 Å². The predicted molar refractivity (Wildman–Crippen MR) is 116 cm³/mol. The highest BCUT2D eigenvalue weighted by molar-refractivity contribution is 6.71. The van der Waals surface area contributed by atoms with E-state index in [9.17, 15) is 10.0 Å². The monoisotopic (exact) mass is 377 g/mol. The summed E-state index contributed by atoms with van der Waals surface area (Å²) in [5.41, 5.74) is 8.19. The zero-order valence-corrected chi connectivity index (χ0v) is 16.2. The molecule has 0 atom stereocenters. The van der Waals surface area contributed by atoms with Crippen LogP contribution >= 0.6 is 0 Å². The Morgan fingerprint density at radius 2 is 1.29 bits per heavy atom. The molecule has 0 saturated heterocycles.